The lowest BCUT2D eigenvalue weighted by Gasteiger charge is -2.22. The third-order valence-electron chi connectivity index (χ3n) is 5.76. The minimum Gasteiger partial charge on any atom is -0.465 e. The largest absolute Gasteiger partial charge is 0.465 e. The van der Waals surface area contributed by atoms with Crippen LogP contribution in [0.15, 0.2) is 36.4 Å². The monoisotopic (exact) mass is 354 g/mol. The molecule has 26 heavy (non-hydrogen) atoms. The molecule has 4 rings (SSSR count). The normalized spacial score (nSPS) is 28.5. The van der Waals surface area contributed by atoms with E-state index in [9.17, 15) is 14.4 Å². The number of ether oxygens (including phenoxy) is 1. The first-order chi connectivity index (χ1) is 12.6. The van der Waals surface area contributed by atoms with Gasteiger partial charge in [-0.05, 0) is 48.9 Å². The highest BCUT2D eigenvalue weighted by atomic mass is 16.5. The molecule has 2 heterocycles. The van der Waals surface area contributed by atoms with Crippen LogP contribution in [0.3, 0.4) is 0 Å². The standard InChI is InChI=1S/C20H22N2O4/c1-26-20(25)13-6-8-16(9-7-13)22-18(23)10-17(19(22)24)21-11-14-4-2-3-5-15(14)12-21/h2-3,6-9,14-15,17H,4-5,10-12H2,1H3/t14-,15+,17?. The van der Waals surface area contributed by atoms with E-state index in [1.165, 1.54) is 12.0 Å². The molecule has 0 bridgehead atoms. The van der Waals surface area contributed by atoms with Crippen molar-refractivity contribution < 1.29 is 19.1 Å². The van der Waals surface area contributed by atoms with Gasteiger partial charge in [-0.2, -0.15) is 0 Å². The maximum Gasteiger partial charge on any atom is 0.337 e. The fourth-order valence-corrected chi connectivity index (χ4v) is 4.34. The molecule has 2 aliphatic heterocycles. The molecule has 2 amide bonds. The second-order valence-electron chi connectivity index (χ2n) is 7.24. The van der Waals surface area contributed by atoms with Crippen molar-refractivity contribution in [2.75, 3.05) is 25.1 Å². The number of carbonyl (C=O) groups excluding carboxylic acids is 3. The van der Waals surface area contributed by atoms with Crippen LogP contribution in [-0.2, 0) is 14.3 Å². The number of esters is 1. The van der Waals surface area contributed by atoms with E-state index in [4.69, 9.17) is 0 Å². The predicted molar refractivity (Wildman–Crippen MR) is 95.6 cm³/mol. The summed E-state index contributed by atoms with van der Waals surface area (Å²) in [7, 11) is 1.32. The second-order valence-corrected chi connectivity index (χ2v) is 7.24. The number of hydrogen-bond acceptors (Lipinski definition) is 5. The first-order valence-corrected chi connectivity index (χ1v) is 9.02. The fraction of sp³-hybridized carbons (Fsp3) is 0.450. The van der Waals surface area contributed by atoms with Gasteiger partial charge >= 0.3 is 5.97 Å². The number of imide groups is 1. The molecule has 0 aromatic heterocycles. The molecular formula is C20H22N2O4. The average molecular weight is 354 g/mol. The number of amides is 2. The number of methoxy groups -OCH3 is 1. The minimum atomic E-state index is -0.443. The Labute approximate surface area is 152 Å². The molecule has 0 spiro atoms. The Morgan fingerprint density at radius 1 is 1.04 bits per heavy atom. The number of likely N-dealkylation sites (tertiary alicyclic amines) is 1. The molecule has 3 aliphatic rings. The maximum absolute atomic E-state index is 12.9. The molecule has 2 saturated heterocycles. The Bertz CT molecular complexity index is 755. The van der Waals surface area contributed by atoms with Crippen molar-refractivity contribution >= 4 is 23.5 Å². The van der Waals surface area contributed by atoms with Crippen LogP contribution in [-0.4, -0.2) is 48.9 Å². The van der Waals surface area contributed by atoms with E-state index in [1.54, 1.807) is 24.3 Å². The van der Waals surface area contributed by atoms with Gasteiger partial charge in [0.1, 0.15) is 0 Å². The Morgan fingerprint density at radius 3 is 2.23 bits per heavy atom. The number of carbonyl (C=O) groups is 3. The van der Waals surface area contributed by atoms with Gasteiger partial charge in [0.25, 0.3) is 5.91 Å². The van der Waals surface area contributed by atoms with Crippen LogP contribution in [0.2, 0.25) is 0 Å². The molecular weight excluding hydrogens is 332 g/mol. The summed E-state index contributed by atoms with van der Waals surface area (Å²) in [5.74, 6) is 0.403. The summed E-state index contributed by atoms with van der Waals surface area (Å²) in [5, 5.41) is 0. The fourth-order valence-electron chi connectivity index (χ4n) is 4.34. The van der Waals surface area contributed by atoms with Crippen LogP contribution in [0.1, 0.15) is 29.6 Å². The molecule has 136 valence electrons. The number of rotatable bonds is 3. The third-order valence-corrected chi connectivity index (χ3v) is 5.76. The van der Waals surface area contributed by atoms with Crippen molar-refractivity contribution in [1.82, 2.24) is 4.90 Å². The van der Waals surface area contributed by atoms with Crippen molar-refractivity contribution in [3.63, 3.8) is 0 Å². The molecule has 2 fully saturated rings. The molecule has 1 aliphatic carbocycles. The maximum atomic E-state index is 12.9. The Balaban J connectivity index is 1.50. The molecule has 1 aromatic carbocycles. The number of allylic oxidation sites excluding steroid dienone is 2. The van der Waals surface area contributed by atoms with E-state index in [0.717, 1.165) is 25.9 Å². The lowest BCUT2D eigenvalue weighted by Crippen LogP contribution is -2.41. The summed E-state index contributed by atoms with van der Waals surface area (Å²) < 4.78 is 4.68. The number of benzene rings is 1. The van der Waals surface area contributed by atoms with E-state index >= 15 is 0 Å². The van der Waals surface area contributed by atoms with Crippen molar-refractivity contribution in [3.8, 4) is 0 Å². The van der Waals surface area contributed by atoms with Crippen molar-refractivity contribution in [1.29, 1.82) is 0 Å². The highest BCUT2D eigenvalue weighted by Crippen LogP contribution is 2.36. The van der Waals surface area contributed by atoms with E-state index in [1.807, 2.05) is 0 Å². The summed E-state index contributed by atoms with van der Waals surface area (Å²) in [6, 6.07) is 6.03. The van der Waals surface area contributed by atoms with Gasteiger partial charge in [0.05, 0.1) is 30.8 Å². The number of fused-ring (bicyclic) bond motifs is 1. The van der Waals surface area contributed by atoms with Gasteiger partial charge < -0.3 is 4.74 Å². The molecule has 3 atom stereocenters. The summed E-state index contributed by atoms with van der Waals surface area (Å²) >= 11 is 0. The van der Waals surface area contributed by atoms with Gasteiger partial charge in [0.2, 0.25) is 5.91 Å². The van der Waals surface area contributed by atoms with Gasteiger partial charge in [0.15, 0.2) is 0 Å². The highest BCUT2D eigenvalue weighted by molar-refractivity contribution is 6.22. The van der Waals surface area contributed by atoms with E-state index in [2.05, 4.69) is 21.8 Å². The summed E-state index contributed by atoms with van der Waals surface area (Å²) in [6.07, 6.45) is 6.80. The number of hydrogen-bond donors (Lipinski definition) is 0. The first kappa shape index (κ1) is 17.0. The van der Waals surface area contributed by atoms with Crippen LogP contribution in [0.4, 0.5) is 5.69 Å². The average Bonchev–Trinajstić information content (AvgIpc) is 3.21. The smallest absolute Gasteiger partial charge is 0.337 e. The van der Waals surface area contributed by atoms with Crippen LogP contribution in [0, 0.1) is 11.8 Å². The molecule has 0 N–H and O–H groups in total. The minimum absolute atomic E-state index is 0.160. The van der Waals surface area contributed by atoms with Gasteiger partial charge in [0, 0.05) is 13.1 Å². The number of anilines is 1. The lowest BCUT2D eigenvalue weighted by atomic mass is 9.86. The van der Waals surface area contributed by atoms with E-state index in [-0.39, 0.29) is 24.3 Å². The van der Waals surface area contributed by atoms with Crippen molar-refractivity contribution in [2.45, 2.75) is 25.3 Å². The van der Waals surface area contributed by atoms with Crippen LogP contribution in [0.5, 0.6) is 0 Å². The molecule has 0 saturated carbocycles. The molecule has 1 unspecified atom stereocenters. The molecule has 6 heteroatoms. The number of nitrogens with zero attached hydrogens (tertiary/aromatic N) is 2. The van der Waals surface area contributed by atoms with Crippen LogP contribution < -0.4 is 4.90 Å². The molecule has 1 aromatic rings. The van der Waals surface area contributed by atoms with Gasteiger partial charge in [-0.3, -0.25) is 14.5 Å². The first-order valence-electron chi connectivity index (χ1n) is 9.02. The quantitative estimate of drug-likeness (QED) is 0.472. The Hall–Kier alpha value is -2.47. The summed E-state index contributed by atoms with van der Waals surface area (Å²) in [6.45, 7) is 1.77. The SMILES string of the molecule is COC(=O)c1ccc(N2C(=O)CC(N3C[C@H]4CC=CC[C@H]4C3)C2=O)cc1. The van der Waals surface area contributed by atoms with Gasteiger partial charge in [-0.15, -0.1) is 0 Å². The second kappa shape index (κ2) is 6.68. The predicted octanol–water partition coefficient (Wildman–Crippen LogP) is 2.00. The topological polar surface area (TPSA) is 66.9 Å². The Morgan fingerprint density at radius 2 is 1.65 bits per heavy atom. The summed E-state index contributed by atoms with van der Waals surface area (Å²) in [4.78, 5) is 40.4. The van der Waals surface area contributed by atoms with E-state index in [0.29, 0.717) is 23.1 Å². The van der Waals surface area contributed by atoms with Crippen LogP contribution in [0.25, 0.3) is 0 Å². The lowest BCUT2D eigenvalue weighted by molar-refractivity contribution is -0.122. The Kier molecular flexibility index (Phi) is 4.36. The highest BCUT2D eigenvalue weighted by Gasteiger charge is 2.46. The van der Waals surface area contributed by atoms with E-state index < -0.39 is 5.97 Å². The summed E-state index contributed by atoms with van der Waals surface area (Å²) in [5.41, 5.74) is 0.899. The van der Waals surface area contributed by atoms with Crippen molar-refractivity contribution in [3.05, 3.63) is 42.0 Å². The third kappa shape index (κ3) is 2.84. The molecule has 6 nitrogen and oxygen atoms in total. The molecule has 0 radical (unpaired) electrons. The van der Waals surface area contributed by atoms with Gasteiger partial charge in [-0.1, -0.05) is 12.2 Å². The van der Waals surface area contributed by atoms with Crippen LogP contribution >= 0.6 is 0 Å². The zero-order valence-electron chi connectivity index (χ0n) is 14.8. The zero-order valence-corrected chi connectivity index (χ0v) is 14.8. The van der Waals surface area contributed by atoms with Gasteiger partial charge in [-0.25, -0.2) is 9.69 Å². The zero-order chi connectivity index (χ0) is 18.3. The van der Waals surface area contributed by atoms with Crippen molar-refractivity contribution in [2.24, 2.45) is 11.8 Å².